The highest BCUT2D eigenvalue weighted by molar-refractivity contribution is 5.45. The Morgan fingerprint density at radius 2 is 2.19 bits per heavy atom. The van der Waals surface area contributed by atoms with Crippen LogP contribution in [0.15, 0.2) is 36.4 Å². The SMILES string of the molecule is N#Cc1cc(F)cc(COc2cccc3c2CCC3N)c1. The highest BCUT2D eigenvalue weighted by Gasteiger charge is 2.22. The van der Waals surface area contributed by atoms with E-state index in [-0.39, 0.29) is 12.6 Å². The van der Waals surface area contributed by atoms with Crippen LogP contribution in [0.3, 0.4) is 0 Å². The summed E-state index contributed by atoms with van der Waals surface area (Å²) in [6.45, 7) is 0.234. The average Bonchev–Trinajstić information content (AvgIpc) is 2.87. The second-order valence-corrected chi connectivity index (χ2v) is 5.22. The molecule has 1 atom stereocenters. The molecule has 2 N–H and O–H groups in total. The first kappa shape index (κ1) is 13.6. The van der Waals surface area contributed by atoms with Crippen LogP contribution in [0, 0.1) is 17.1 Å². The van der Waals surface area contributed by atoms with E-state index in [0.717, 1.165) is 29.7 Å². The zero-order chi connectivity index (χ0) is 14.8. The molecule has 0 radical (unpaired) electrons. The number of fused-ring (bicyclic) bond motifs is 1. The van der Waals surface area contributed by atoms with Gasteiger partial charge in [-0.3, -0.25) is 0 Å². The minimum absolute atomic E-state index is 0.0721. The van der Waals surface area contributed by atoms with Crippen LogP contribution in [-0.4, -0.2) is 0 Å². The summed E-state index contributed by atoms with van der Waals surface area (Å²) in [6.07, 6.45) is 1.83. The van der Waals surface area contributed by atoms with E-state index < -0.39 is 5.82 Å². The van der Waals surface area contributed by atoms with Crippen LogP contribution in [-0.2, 0) is 13.0 Å². The molecule has 0 saturated carbocycles. The number of hydrogen-bond acceptors (Lipinski definition) is 3. The first-order valence-electron chi connectivity index (χ1n) is 6.87. The summed E-state index contributed by atoms with van der Waals surface area (Å²) in [5.41, 5.74) is 9.25. The lowest BCUT2D eigenvalue weighted by molar-refractivity contribution is 0.302. The van der Waals surface area contributed by atoms with Gasteiger partial charge in [-0.25, -0.2) is 4.39 Å². The van der Waals surface area contributed by atoms with E-state index in [4.69, 9.17) is 15.7 Å². The fourth-order valence-corrected chi connectivity index (χ4v) is 2.75. The molecule has 3 rings (SSSR count). The summed E-state index contributed by atoms with van der Waals surface area (Å²) in [5.74, 6) is 0.371. The van der Waals surface area contributed by atoms with Crippen LogP contribution in [0.1, 0.15) is 34.7 Å². The molecule has 4 heteroatoms. The maximum atomic E-state index is 13.4. The van der Waals surface area contributed by atoms with E-state index in [2.05, 4.69) is 0 Å². The predicted octanol–water partition coefficient (Wildman–Crippen LogP) is 3.22. The number of nitriles is 1. The van der Waals surface area contributed by atoms with Crippen molar-refractivity contribution >= 4 is 0 Å². The monoisotopic (exact) mass is 282 g/mol. The van der Waals surface area contributed by atoms with E-state index in [1.165, 1.54) is 12.1 Å². The van der Waals surface area contributed by atoms with Crippen molar-refractivity contribution < 1.29 is 9.13 Å². The smallest absolute Gasteiger partial charge is 0.124 e. The average molecular weight is 282 g/mol. The van der Waals surface area contributed by atoms with Gasteiger partial charge in [0, 0.05) is 6.04 Å². The van der Waals surface area contributed by atoms with Gasteiger partial charge in [-0.2, -0.15) is 5.26 Å². The van der Waals surface area contributed by atoms with Crippen LogP contribution in [0.4, 0.5) is 4.39 Å². The van der Waals surface area contributed by atoms with Gasteiger partial charge in [0.1, 0.15) is 18.2 Å². The molecule has 0 fully saturated rings. The molecule has 2 aromatic rings. The molecule has 1 aliphatic rings. The highest BCUT2D eigenvalue weighted by atomic mass is 19.1. The molecule has 2 aromatic carbocycles. The van der Waals surface area contributed by atoms with Crippen LogP contribution in [0.25, 0.3) is 0 Å². The van der Waals surface area contributed by atoms with Crippen molar-refractivity contribution in [3.8, 4) is 11.8 Å². The third kappa shape index (κ3) is 2.74. The van der Waals surface area contributed by atoms with Crippen molar-refractivity contribution in [1.29, 1.82) is 5.26 Å². The summed E-state index contributed by atoms with van der Waals surface area (Å²) in [7, 11) is 0. The van der Waals surface area contributed by atoms with Gasteiger partial charge in [0.25, 0.3) is 0 Å². The Hall–Kier alpha value is -2.38. The third-order valence-electron chi connectivity index (χ3n) is 3.76. The van der Waals surface area contributed by atoms with Gasteiger partial charge in [0.15, 0.2) is 0 Å². The van der Waals surface area contributed by atoms with Crippen molar-refractivity contribution in [2.45, 2.75) is 25.5 Å². The third-order valence-corrected chi connectivity index (χ3v) is 3.76. The molecule has 0 spiro atoms. The molecular weight excluding hydrogens is 267 g/mol. The summed E-state index contributed by atoms with van der Waals surface area (Å²) >= 11 is 0. The Morgan fingerprint density at radius 1 is 1.33 bits per heavy atom. The second kappa shape index (κ2) is 5.55. The molecule has 0 bridgehead atoms. The van der Waals surface area contributed by atoms with Crippen molar-refractivity contribution in [3.63, 3.8) is 0 Å². The second-order valence-electron chi connectivity index (χ2n) is 5.22. The molecule has 0 aromatic heterocycles. The number of benzene rings is 2. The van der Waals surface area contributed by atoms with Crippen molar-refractivity contribution in [2.75, 3.05) is 0 Å². The van der Waals surface area contributed by atoms with Gasteiger partial charge in [0.2, 0.25) is 0 Å². The molecule has 3 nitrogen and oxygen atoms in total. The number of nitrogens with two attached hydrogens (primary N) is 1. The van der Waals surface area contributed by atoms with Gasteiger partial charge in [-0.15, -0.1) is 0 Å². The van der Waals surface area contributed by atoms with E-state index >= 15 is 0 Å². The van der Waals surface area contributed by atoms with Crippen molar-refractivity contribution in [3.05, 3.63) is 64.5 Å². The standard InChI is InChI=1S/C17H15FN2O/c18-13-7-11(9-19)6-12(8-13)10-21-17-3-1-2-14-15(17)4-5-16(14)20/h1-3,6-8,16H,4-5,10,20H2. The van der Waals surface area contributed by atoms with Gasteiger partial charge in [0.05, 0.1) is 11.6 Å². The molecule has 0 saturated heterocycles. The van der Waals surface area contributed by atoms with Crippen molar-refractivity contribution in [1.82, 2.24) is 0 Å². The normalized spacial score (nSPS) is 16.3. The number of rotatable bonds is 3. The summed E-state index contributed by atoms with van der Waals surface area (Å²) in [5, 5.41) is 8.86. The molecule has 0 amide bonds. The molecule has 1 unspecified atom stereocenters. The van der Waals surface area contributed by atoms with Gasteiger partial charge in [-0.1, -0.05) is 12.1 Å². The molecule has 0 heterocycles. The summed E-state index contributed by atoms with van der Waals surface area (Å²) in [6, 6.07) is 12.1. The van der Waals surface area contributed by atoms with Crippen LogP contribution in [0.5, 0.6) is 5.75 Å². The number of ether oxygens (including phenoxy) is 1. The topological polar surface area (TPSA) is 59.0 Å². The van der Waals surface area contributed by atoms with E-state index in [1.807, 2.05) is 24.3 Å². The Balaban J connectivity index is 1.80. The van der Waals surface area contributed by atoms with Gasteiger partial charge < -0.3 is 10.5 Å². The van der Waals surface area contributed by atoms with Crippen LogP contribution < -0.4 is 10.5 Å². The zero-order valence-corrected chi connectivity index (χ0v) is 11.5. The Bertz CT molecular complexity index is 721. The number of hydrogen-bond donors (Lipinski definition) is 1. The van der Waals surface area contributed by atoms with Crippen molar-refractivity contribution in [2.24, 2.45) is 5.73 Å². The van der Waals surface area contributed by atoms with E-state index in [9.17, 15) is 4.39 Å². The Morgan fingerprint density at radius 3 is 3.00 bits per heavy atom. The summed E-state index contributed by atoms with van der Waals surface area (Å²) in [4.78, 5) is 0. The van der Waals surface area contributed by atoms with Gasteiger partial charge >= 0.3 is 0 Å². The number of nitrogens with zero attached hydrogens (tertiary/aromatic N) is 1. The summed E-state index contributed by atoms with van der Waals surface area (Å²) < 4.78 is 19.2. The van der Waals surface area contributed by atoms with Crippen LogP contribution in [0.2, 0.25) is 0 Å². The quantitative estimate of drug-likeness (QED) is 0.940. The minimum atomic E-state index is -0.423. The molecular formula is C17H15FN2O. The minimum Gasteiger partial charge on any atom is -0.489 e. The van der Waals surface area contributed by atoms with E-state index in [1.54, 1.807) is 6.07 Å². The van der Waals surface area contributed by atoms with Gasteiger partial charge in [-0.05, 0) is 53.8 Å². The molecule has 1 aliphatic carbocycles. The Kier molecular flexibility index (Phi) is 3.59. The Labute approximate surface area is 122 Å². The molecule has 21 heavy (non-hydrogen) atoms. The van der Waals surface area contributed by atoms with E-state index in [0.29, 0.717) is 11.1 Å². The lowest BCUT2D eigenvalue weighted by Crippen LogP contribution is -2.05. The molecule has 106 valence electrons. The lowest BCUT2D eigenvalue weighted by Gasteiger charge is -2.12. The number of halogens is 1. The predicted molar refractivity (Wildman–Crippen MR) is 77.1 cm³/mol. The highest BCUT2D eigenvalue weighted by Crippen LogP contribution is 2.35. The largest absolute Gasteiger partial charge is 0.489 e. The zero-order valence-electron chi connectivity index (χ0n) is 11.5. The fourth-order valence-electron chi connectivity index (χ4n) is 2.75. The maximum Gasteiger partial charge on any atom is 0.124 e. The van der Waals surface area contributed by atoms with Crippen LogP contribution >= 0.6 is 0 Å². The first-order valence-corrected chi connectivity index (χ1v) is 6.87. The fraction of sp³-hybridized carbons (Fsp3) is 0.235. The lowest BCUT2D eigenvalue weighted by atomic mass is 10.1. The first-order chi connectivity index (χ1) is 10.2. The maximum absolute atomic E-state index is 13.4. The molecule has 0 aliphatic heterocycles.